The fraction of sp³-hybridized carbons (Fsp3) is 0.447. The lowest BCUT2D eigenvalue weighted by atomic mass is 9.76. The molecule has 54 heavy (non-hydrogen) atoms. The number of ether oxygens (including phenoxy) is 2. The molecule has 3 saturated heterocycles. The number of piperidine rings is 1. The third-order valence-corrected chi connectivity index (χ3v) is 12.0. The van der Waals surface area contributed by atoms with Crippen LogP contribution in [0.3, 0.4) is 0 Å². The lowest BCUT2D eigenvalue weighted by Crippen LogP contribution is -2.59. The van der Waals surface area contributed by atoms with Crippen LogP contribution in [0.5, 0.6) is 5.75 Å². The zero-order chi connectivity index (χ0) is 37.9. The van der Waals surface area contributed by atoms with Crippen molar-refractivity contribution in [1.82, 2.24) is 25.0 Å². The van der Waals surface area contributed by atoms with Gasteiger partial charge in [-0.1, -0.05) is 35.3 Å². The number of benzene rings is 2. The number of amides is 3. The normalized spacial score (nSPS) is 23.8. The van der Waals surface area contributed by atoms with Gasteiger partial charge in [0.1, 0.15) is 11.8 Å². The van der Waals surface area contributed by atoms with E-state index in [9.17, 15) is 19.5 Å². The van der Waals surface area contributed by atoms with Gasteiger partial charge in [0.15, 0.2) is 6.10 Å². The van der Waals surface area contributed by atoms with E-state index in [2.05, 4.69) is 30.6 Å². The molecule has 4 aliphatic rings. The number of hydrogen-bond acceptors (Lipinski definition) is 10. The molecule has 284 valence electrons. The highest BCUT2D eigenvalue weighted by Gasteiger charge is 2.44. The number of rotatable bonds is 10. The number of carbonyl (C=O) groups excluding carboxylic acids is 2. The van der Waals surface area contributed by atoms with Crippen molar-refractivity contribution in [1.29, 1.82) is 0 Å². The summed E-state index contributed by atoms with van der Waals surface area (Å²) in [6.07, 6.45) is 6.78. The Morgan fingerprint density at radius 2 is 1.76 bits per heavy atom. The first-order chi connectivity index (χ1) is 26.1. The summed E-state index contributed by atoms with van der Waals surface area (Å²) in [4.78, 5) is 49.4. The number of methoxy groups -OCH3 is 1. The molecule has 4 aliphatic heterocycles. The first-order valence-electron chi connectivity index (χ1n) is 18.0. The van der Waals surface area contributed by atoms with Gasteiger partial charge in [0, 0.05) is 50.5 Å². The summed E-state index contributed by atoms with van der Waals surface area (Å²) in [6, 6.07) is 14.4. The maximum absolute atomic E-state index is 14.2. The van der Waals surface area contributed by atoms with E-state index < -0.39 is 23.0 Å². The van der Waals surface area contributed by atoms with Gasteiger partial charge in [-0.3, -0.25) is 9.78 Å². The Morgan fingerprint density at radius 1 is 0.963 bits per heavy atom. The molecule has 1 aromatic heterocycles. The van der Waals surface area contributed by atoms with E-state index in [-0.39, 0.29) is 31.1 Å². The maximum Gasteiger partial charge on any atom is 0.334 e. The maximum atomic E-state index is 14.2. The van der Waals surface area contributed by atoms with Crippen molar-refractivity contribution in [2.45, 2.75) is 48.8 Å². The van der Waals surface area contributed by atoms with E-state index >= 15 is 0 Å². The number of nitrogens with one attached hydrogen (secondary N) is 1. The molecule has 16 heteroatoms. The molecule has 2 aromatic carbocycles. The topological polar surface area (TPSA) is 162 Å². The van der Waals surface area contributed by atoms with Gasteiger partial charge in [-0.15, -0.1) is 5.10 Å². The Labute approximate surface area is 323 Å². The number of aromatic nitrogens is 1. The number of urea groups is 1. The summed E-state index contributed by atoms with van der Waals surface area (Å²) in [6.45, 7) is 3.62. The summed E-state index contributed by atoms with van der Waals surface area (Å²) >= 11 is 12.9. The molecule has 3 unspecified atom stereocenters. The third kappa shape index (κ3) is 7.79. The second kappa shape index (κ2) is 16.0. The first kappa shape index (κ1) is 37.7. The monoisotopic (exact) mass is 776 g/mol. The lowest BCUT2D eigenvalue weighted by molar-refractivity contribution is -0.154. The Balaban J connectivity index is 1.08. The second-order valence-corrected chi connectivity index (χ2v) is 15.1. The van der Waals surface area contributed by atoms with Gasteiger partial charge >= 0.3 is 12.0 Å². The second-order valence-electron chi connectivity index (χ2n) is 14.2. The minimum atomic E-state index is -1.09. The molecule has 3 atom stereocenters. The van der Waals surface area contributed by atoms with Gasteiger partial charge in [-0.25, -0.2) is 9.59 Å². The van der Waals surface area contributed by atoms with Crippen LogP contribution in [0.2, 0.25) is 10.0 Å². The Bertz CT molecular complexity index is 1930. The highest BCUT2D eigenvalue weighted by Crippen LogP contribution is 2.42. The van der Waals surface area contributed by atoms with Gasteiger partial charge in [-0.05, 0) is 90.5 Å². The molecule has 3 fully saturated rings. The van der Waals surface area contributed by atoms with Crippen molar-refractivity contribution in [2.24, 2.45) is 15.4 Å². The Hall–Kier alpha value is -4.63. The quantitative estimate of drug-likeness (QED) is 0.271. The molecule has 3 amide bonds. The molecule has 14 nitrogen and oxygen atoms in total. The van der Waals surface area contributed by atoms with Crippen molar-refractivity contribution in [3.63, 3.8) is 0 Å². The predicted molar refractivity (Wildman–Crippen MR) is 201 cm³/mol. The van der Waals surface area contributed by atoms with Crippen molar-refractivity contribution in [3.05, 3.63) is 93.2 Å². The molecule has 0 radical (unpaired) electrons. The van der Waals surface area contributed by atoms with Crippen LogP contribution in [-0.2, 0) is 20.5 Å². The molecular formula is C38H42Cl2N8O6. The third-order valence-electron chi connectivity index (χ3n) is 11.2. The largest absolute Gasteiger partial charge is 0.496 e. The zero-order valence-electron chi connectivity index (χ0n) is 29.9. The average molecular weight is 778 g/mol. The molecule has 7 rings (SSSR count). The summed E-state index contributed by atoms with van der Waals surface area (Å²) in [5.74, 6) is -0.737. The molecule has 0 bridgehead atoms. The number of aliphatic carboxylic acids is 1. The smallest absolute Gasteiger partial charge is 0.334 e. The van der Waals surface area contributed by atoms with Gasteiger partial charge < -0.3 is 34.6 Å². The van der Waals surface area contributed by atoms with Crippen LogP contribution in [0.1, 0.15) is 58.8 Å². The molecule has 0 saturated carbocycles. The molecule has 0 spiro atoms. The van der Waals surface area contributed by atoms with Crippen molar-refractivity contribution < 1.29 is 29.0 Å². The number of carbonyl (C=O) groups is 3. The van der Waals surface area contributed by atoms with Crippen LogP contribution < -0.4 is 10.1 Å². The van der Waals surface area contributed by atoms with E-state index in [4.69, 9.17) is 32.7 Å². The first-order valence-corrected chi connectivity index (χ1v) is 18.8. The molecule has 5 heterocycles. The highest BCUT2D eigenvalue weighted by atomic mass is 35.5. The number of morpholine rings is 1. The van der Waals surface area contributed by atoms with Gasteiger partial charge in [0.05, 0.1) is 47.6 Å². The van der Waals surface area contributed by atoms with E-state index in [0.717, 1.165) is 36.1 Å². The lowest BCUT2D eigenvalue weighted by Gasteiger charge is -2.45. The van der Waals surface area contributed by atoms with Gasteiger partial charge in [0.2, 0.25) is 0 Å². The molecule has 3 aromatic rings. The molecule has 2 N–H and O–H groups in total. The fourth-order valence-electron chi connectivity index (χ4n) is 8.02. The van der Waals surface area contributed by atoms with Crippen LogP contribution >= 0.6 is 23.2 Å². The predicted octanol–water partition coefficient (Wildman–Crippen LogP) is 5.55. The van der Waals surface area contributed by atoms with Crippen molar-refractivity contribution >= 4 is 47.3 Å². The van der Waals surface area contributed by atoms with E-state index in [1.54, 1.807) is 31.8 Å². The fourth-order valence-corrected chi connectivity index (χ4v) is 8.32. The minimum absolute atomic E-state index is 0.0182. The summed E-state index contributed by atoms with van der Waals surface area (Å²) in [5.41, 5.74) is 2.18. The van der Waals surface area contributed by atoms with E-state index in [0.29, 0.717) is 66.9 Å². The van der Waals surface area contributed by atoms with Crippen LogP contribution in [0.4, 0.5) is 4.79 Å². The minimum Gasteiger partial charge on any atom is -0.496 e. The van der Waals surface area contributed by atoms with Crippen molar-refractivity contribution in [3.8, 4) is 5.75 Å². The molecular weight excluding hydrogens is 735 g/mol. The zero-order valence-corrected chi connectivity index (χ0v) is 31.4. The van der Waals surface area contributed by atoms with Crippen LogP contribution in [-0.4, -0.2) is 115 Å². The van der Waals surface area contributed by atoms with Gasteiger partial charge in [-0.2, -0.15) is 5.11 Å². The van der Waals surface area contributed by atoms with Crippen LogP contribution in [0, 0.1) is 0 Å². The number of halogens is 2. The Morgan fingerprint density at radius 3 is 2.46 bits per heavy atom. The Kier molecular flexibility index (Phi) is 11.2. The number of carboxylic acid groups (broad SMARTS) is 1. The summed E-state index contributed by atoms with van der Waals surface area (Å²) in [7, 11) is 1.55. The number of nitrogens with zero attached hydrogens (tertiary/aromatic N) is 7. The molecule has 0 aliphatic carbocycles. The van der Waals surface area contributed by atoms with E-state index in [1.807, 2.05) is 47.4 Å². The standard InChI is InChI=1S/C38H42Cl2N8O6/c1-53-32-5-2-25(31-22-42-45-44-31)20-28(32)34(49)48-17-9-37(24-48,27-3-4-29(39)30(40)21-27)8-14-46-15-10-38(11-16-46,26-6-12-41-13-7-26)43-36(52)47-18-19-54-33(23-47)35(50)51/h2-7,12-13,20-22,31,33H,8-11,14-19,23-24H2,1H3,(H,43,52)(H,50,51). The number of carboxylic acids is 1. The summed E-state index contributed by atoms with van der Waals surface area (Å²) < 4.78 is 11.0. The summed E-state index contributed by atoms with van der Waals surface area (Å²) in [5, 5.41) is 25.4. The SMILES string of the molecule is COc1ccc(C2C=NN=N2)cc1C(=O)N1CCC(CCN2CCC(NC(=O)N3CCOC(C(=O)O)C3)(c3ccncc3)CC2)(c2ccc(Cl)c(Cl)c2)C1. The highest BCUT2D eigenvalue weighted by molar-refractivity contribution is 6.42. The van der Waals surface area contributed by atoms with E-state index in [1.165, 1.54) is 4.90 Å². The number of pyridine rings is 1. The van der Waals surface area contributed by atoms with Crippen LogP contribution in [0.15, 0.2) is 76.4 Å². The number of hydrogen-bond donors (Lipinski definition) is 2. The average Bonchev–Trinajstić information content (AvgIpc) is 3.91. The van der Waals surface area contributed by atoms with Crippen molar-refractivity contribution in [2.75, 3.05) is 59.5 Å². The number of likely N-dealkylation sites (tertiary alicyclic amines) is 2. The van der Waals surface area contributed by atoms with Crippen LogP contribution in [0.25, 0.3) is 0 Å². The van der Waals surface area contributed by atoms with Gasteiger partial charge in [0.25, 0.3) is 5.91 Å².